The van der Waals surface area contributed by atoms with Crippen LogP contribution in [-0.4, -0.2) is 67.5 Å². The predicted molar refractivity (Wildman–Crippen MR) is 96.4 cm³/mol. The summed E-state index contributed by atoms with van der Waals surface area (Å²) in [6.07, 6.45) is 0. The Labute approximate surface area is 161 Å². The van der Waals surface area contributed by atoms with Crippen LogP contribution in [0.25, 0.3) is 0 Å². The number of benzene rings is 1. The summed E-state index contributed by atoms with van der Waals surface area (Å²) in [5.74, 6) is -3.26. The van der Waals surface area contributed by atoms with E-state index in [0.717, 1.165) is 4.90 Å². The molecular formula is C19H21N3O6. The van der Waals surface area contributed by atoms with Crippen molar-refractivity contribution >= 4 is 29.4 Å². The smallest absolute Gasteiger partial charge is 0.311 e. The van der Waals surface area contributed by atoms with Crippen molar-refractivity contribution in [3.8, 4) is 5.75 Å². The Balaban J connectivity index is 1.71. The molecule has 4 atom stereocenters. The maximum absolute atomic E-state index is 13.2. The van der Waals surface area contributed by atoms with E-state index in [-0.39, 0.29) is 5.91 Å². The van der Waals surface area contributed by atoms with Gasteiger partial charge in [0.25, 0.3) is 5.91 Å². The highest BCUT2D eigenvalue weighted by Gasteiger charge is 2.66. The van der Waals surface area contributed by atoms with Crippen LogP contribution in [-0.2, 0) is 23.9 Å². The van der Waals surface area contributed by atoms with Gasteiger partial charge in [0.1, 0.15) is 17.8 Å². The Bertz CT molecular complexity index is 839. The number of fused-ring (bicyclic) bond motifs is 3. The Morgan fingerprint density at radius 3 is 2.50 bits per heavy atom. The number of anilines is 1. The first-order chi connectivity index (χ1) is 13.5. The lowest BCUT2D eigenvalue weighted by atomic mass is 9.87. The molecule has 3 aliphatic heterocycles. The number of rotatable bonds is 4. The van der Waals surface area contributed by atoms with E-state index < -0.39 is 41.7 Å². The molecule has 1 aromatic carbocycles. The maximum atomic E-state index is 13.2. The number of hydrogen-bond acceptors (Lipinski definition) is 7. The van der Waals surface area contributed by atoms with Gasteiger partial charge in [-0.25, -0.2) is 4.90 Å². The van der Waals surface area contributed by atoms with Crippen LogP contribution in [0.4, 0.5) is 5.69 Å². The molecule has 0 unspecified atom stereocenters. The number of nitrogens with one attached hydrogen (secondary N) is 1. The highest BCUT2D eigenvalue weighted by Crippen LogP contribution is 2.44. The molecule has 9 nitrogen and oxygen atoms in total. The number of methoxy groups -OCH3 is 1. The topological polar surface area (TPSA) is 105 Å². The van der Waals surface area contributed by atoms with Gasteiger partial charge in [0.15, 0.2) is 0 Å². The van der Waals surface area contributed by atoms with Crippen LogP contribution >= 0.6 is 0 Å². The zero-order chi connectivity index (χ0) is 20.0. The fourth-order valence-corrected chi connectivity index (χ4v) is 4.48. The third-order valence-electron chi connectivity index (χ3n) is 5.58. The molecule has 1 aromatic rings. The molecule has 3 amide bonds. The second-order valence-electron chi connectivity index (χ2n) is 6.93. The minimum Gasteiger partial charge on any atom is -0.494 e. The summed E-state index contributed by atoms with van der Waals surface area (Å²) in [6, 6.07) is 4.92. The molecule has 0 saturated carbocycles. The fraction of sp³-hybridized carbons (Fsp3) is 0.474. The van der Waals surface area contributed by atoms with Gasteiger partial charge in [0.05, 0.1) is 31.2 Å². The van der Waals surface area contributed by atoms with Crippen LogP contribution in [0.2, 0.25) is 0 Å². The van der Waals surface area contributed by atoms with Crippen molar-refractivity contribution in [2.24, 2.45) is 11.8 Å². The maximum Gasteiger partial charge on any atom is 0.311 e. The van der Waals surface area contributed by atoms with E-state index in [4.69, 9.17) is 9.47 Å². The molecule has 0 aliphatic carbocycles. The number of carbonyl (C=O) groups excluding carboxylic acids is 4. The van der Waals surface area contributed by atoms with Gasteiger partial charge in [-0.1, -0.05) is 0 Å². The quantitative estimate of drug-likeness (QED) is 0.551. The molecule has 3 aliphatic rings. The van der Waals surface area contributed by atoms with Crippen LogP contribution in [0.15, 0.2) is 24.3 Å². The average molecular weight is 387 g/mol. The van der Waals surface area contributed by atoms with Gasteiger partial charge in [0, 0.05) is 13.1 Å². The van der Waals surface area contributed by atoms with E-state index in [1.807, 2.05) is 6.92 Å². The third-order valence-corrected chi connectivity index (χ3v) is 5.58. The Kier molecular flexibility index (Phi) is 4.54. The molecule has 3 heterocycles. The Morgan fingerprint density at radius 1 is 1.14 bits per heavy atom. The van der Waals surface area contributed by atoms with Crippen LogP contribution < -0.4 is 15.0 Å². The number of ether oxygens (including phenoxy) is 2. The van der Waals surface area contributed by atoms with Crippen molar-refractivity contribution in [3.05, 3.63) is 24.3 Å². The lowest BCUT2D eigenvalue weighted by Gasteiger charge is -2.34. The van der Waals surface area contributed by atoms with Gasteiger partial charge in [-0.3, -0.25) is 24.1 Å². The summed E-state index contributed by atoms with van der Waals surface area (Å²) >= 11 is 0. The standard InChI is InChI=1S/C19H21N3O6/c1-3-28-11-6-4-10(5-7-11)22-17(24)12-13(19(26)27-2)14-16(23)20-8-9-21(14)15(12)18(22)25/h4-7,12-15H,3,8-9H2,1-2H3,(H,20,23)/t12-,13+,14+,15-/m0/s1. The predicted octanol–water partition coefficient (Wildman–Crippen LogP) is -0.453. The summed E-state index contributed by atoms with van der Waals surface area (Å²) < 4.78 is 10.3. The zero-order valence-corrected chi connectivity index (χ0v) is 15.6. The SMILES string of the molecule is CCOc1ccc(N2C(=O)[C@H]3[C@@H](C(=O)OC)[C@@H]4C(=O)NCCN4[C@@H]3C2=O)cc1. The number of piperazine rings is 1. The lowest BCUT2D eigenvalue weighted by Crippen LogP contribution is -2.58. The van der Waals surface area contributed by atoms with Gasteiger partial charge in [-0.15, -0.1) is 0 Å². The van der Waals surface area contributed by atoms with Crippen LogP contribution in [0.3, 0.4) is 0 Å². The van der Waals surface area contributed by atoms with Crippen LogP contribution in [0, 0.1) is 11.8 Å². The van der Waals surface area contributed by atoms with Crippen molar-refractivity contribution in [1.82, 2.24) is 10.2 Å². The van der Waals surface area contributed by atoms with Crippen molar-refractivity contribution in [2.75, 3.05) is 31.7 Å². The second kappa shape index (κ2) is 6.90. The van der Waals surface area contributed by atoms with Crippen LogP contribution in [0.1, 0.15) is 6.92 Å². The number of amides is 3. The van der Waals surface area contributed by atoms with E-state index in [9.17, 15) is 19.2 Å². The molecule has 148 valence electrons. The molecule has 3 fully saturated rings. The first-order valence-corrected chi connectivity index (χ1v) is 9.21. The molecule has 9 heteroatoms. The summed E-state index contributed by atoms with van der Waals surface area (Å²) in [7, 11) is 1.21. The summed E-state index contributed by atoms with van der Waals surface area (Å²) in [6.45, 7) is 3.11. The minimum atomic E-state index is -1.01. The number of esters is 1. The number of hydrogen-bond donors (Lipinski definition) is 1. The van der Waals surface area contributed by atoms with Crippen molar-refractivity contribution in [3.63, 3.8) is 0 Å². The van der Waals surface area contributed by atoms with E-state index in [2.05, 4.69) is 5.32 Å². The normalized spacial score (nSPS) is 29.4. The van der Waals surface area contributed by atoms with E-state index in [0.29, 0.717) is 31.1 Å². The highest BCUT2D eigenvalue weighted by atomic mass is 16.5. The molecule has 28 heavy (non-hydrogen) atoms. The highest BCUT2D eigenvalue weighted by molar-refractivity contribution is 6.25. The largest absolute Gasteiger partial charge is 0.494 e. The van der Waals surface area contributed by atoms with Gasteiger partial charge in [0.2, 0.25) is 11.8 Å². The molecular weight excluding hydrogens is 366 g/mol. The zero-order valence-electron chi connectivity index (χ0n) is 15.6. The molecule has 0 radical (unpaired) electrons. The van der Waals surface area contributed by atoms with Gasteiger partial charge < -0.3 is 14.8 Å². The van der Waals surface area contributed by atoms with E-state index in [1.54, 1.807) is 29.2 Å². The molecule has 0 aromatic heterocycles. The van der Waals surface area contributed by atoms with Gasteiger partial charge >= 0.3 is 5.97 Å². The minimum absolute atomic E-state index is 0.357. The average Bonchev–Trinajstić information content (AvgIpc) is 3.17. The van der Waals surface area contributed by atoms with Gasteiger partial charge in [-0.05, 0) is 31.2 Å². The molecule has 0 spiro atoms. The van der Waals surface area contributed by atoms with Crippen molar-refractivity contribution < 1.29 is 28.7 Å². The number of carbonyl (C=O) groups is 4. The van der Waals surface area contributed by atoms with Crippen LogP contribution in [0.5, 0.6) is 5.75 Å². The van der Waals surface area contributed by atoms with E-state index in [1.165, 1.54) is 7.11 Å². The number of nitrogens with zero attached hydrogens (tertiary/aromatic N) is 2. The van der Waals surface area contributed by atoms with Crippen molar-refractivity contribution in [2.45, 2.75) is 19.0 Å². The summed E-state index contributed by atoms with van der Waals surface area (Å²) in [4.78, 5) is 54.0. The monoisotopic (exact) mass is 387 g/mol. The second-order valence-corrected chi connectivity index (χ2v) is 6.93. The molecule has 0 bridgehead atoms. The fourth-order valence-electron chi connectivity index (χ4n) is 4.48. The first-order valence-electron chi connectivity index (χ1n) is 9.21. The summed E-state index contributed by atoms with van der Waals surface area (Å²) in [5, 5.41) is 2.70. The summed E-state index contributed by atoms with van der Waals surface area (Å²) in [5.41, 5.74) is 0.412. The Hall–Kier alpha value is -2.94. The third kappa shape index (κ3) is 2.57. The van der Waals surface area contributed by atoms with Crippen molar-refractivity contribution in [1.29, 1.82) is 0 Å². The number of imide groups is 1. The first kappa shape index (κ1) is 18.4. The molecule has 1 N–H and O–H groups in total. The van der Waals surface area contributed by atoms with Gasteiger partial charge in [-0.2, -0.15) is 0 Å². The Morgan fingerprint density at radius 2 is 1.86 bits per heavy atom. The van der Waals surface area contributed by atoms with E-state index >= 15 is 0 Å². The molecule has 4 rings (SSSR count). The molecule has 3 saturated heterocycles. The lowest BCUT2D eigenvalue weighted by molar-refractivity contribution is -0.152.